The molecule has 0 fully saturated rings. The zero-order chi connectivity index (χ0) is 66.0. The van der Waals surface area contributed by atoms with Gasteiger partial charge >= 0.3 is 0 Å². The molecule has 0 heterocycles. The maximum absolute atomic E-state index is 11.5. The summed E-state index contributed by atoms with van der Waals surface area (Å²) in [5.74, 6) is 2.91. The van der Waals surface area contributed by atoms with E-state index in [4.69, 9.17) is 41.7 Å². The molecule has 0 aliphatic carbocycles. The minimum Gasteiger partial charge on any atom is -0.507 e. The Hall–Kier alpha value is -9.42. The number of methoxy groups -OCH3 is 2. The molecule has 90 heavy (non-hydrogen) atoms. The number of thiocarbonyl (C=S) groups is 1. The third-order valence-electron chi connectivity index (χ3n) is 13.0. The molecule has 0 bridgehead atoms. The summed E-state index contributed by atoms with van der Waals surface area (Å²) >= 11 is 6.21. The lowest BCUT2D eigenvalue weighted by atomic mass is 10.1. The lowest BCUT2D eigenvalue weighted by Gasteiger charge is -2.17. The van der Waals surface area contributed by atoms with Crippen molar-refractivity contribution < 1.29 is 44.5 Å². The van der Waals surface area contributed by atoms with Crippen LogP contribution >= 0.6 is 24.0 Å². The molecule has 0 atom stereocenters. The summed E-state index contributed by atoms with van der Waals surface area (Å²) in [5, 5.41) is 46.4. The van der Waals surface area contributed by atoms with Crippen LogP contribution < -0.4 is 14.2 Å². The zero-order valence-electron chi connectivity index (χ0n) is 53.3. The Morgan fingerprint density at radius 1 is 0.422 bits per heavy atom. The molecule has 9 aromatic carbocycles. The number of aliphatic hydroxyl groups is 3. The highest BCUT2D eigenvalue weighted by Gasteiger charge is 2.13. The van der Waals surface area contributed by atoms with Crippen molar-refractivity contribution in [3.63, 3.8) is 0 Å². The van der Waals surface area contributed by atoms with E-state index in [9.17, 15) is 15.0 Å². The van der Waals surface area contributed by atoms with Crippen molar-refractivity contribution in [1.82, 2.24) is 9.80 Å². The number of aryl methyl sites for hydroxylation is 6. The van der Waals surface area contributed by atoms with Gasteiger partial charge in [0.25, 0.3) is 10.4 Å². The lowest BCUT2D eigenvalue weighted by Crippen LogP contribution is -2.25. The van der Waals surface area contributed by atoms with Crippen molar-refractivity contribution in [3.05, 3.63) is 267 Å². The molecule has 0 aliphatic heterocycles. The van der Waals surface area contributed by atoms with Gasteiger partial charge < -0.3 is 49.5 Å². The molecule has 470 valence electrons. The van der Waals surface area contributed by atoms with Gasteiger partial charge in [-0.25, -0.2) is 0 Å². The molecule has 14 nitrogen and oxygen atoms in total. The first-order valence-corrected chi connectivity index (χ1v) is 29.9. The van der Waals surface area contributed by atoms with E-state index in [0.717, 1.165) is 106 Å². The van der Waals surface area contributed by atoms with E-state index in [0.29, 0.717) is 22.2 Å². The number of hydrogen-bond donors (Lipinski definition) is 5. The van der Waals surface area contributed by atoms with Crippen molar-refractivity contribution >= 4 is 70.1 Å². The number of aliphatic hydroxyl groups excluding tert-OH is 3. The fourth-order valence-electron chi connectivity index (χ4n) is 8.04. The second-order valence-electron chi connectivity index (χ2n) is 20.4. The Bertz CT molecular complexity index is 3580. The summed E-state index contributed by atoms with van der Waals surface area (Å²) in [7, 11) is 10.4. The molecule has 9 rings (SSSR count). The molecule has 0 radical (unpaired) electrons. The number of carbonyl (C=O) groups excluding carboxylic acids is 1. The topological polar surface area (TPSA) is 189 Å². The maximum atomic E-state index is 11.5. The Labute approximate surface area is 540 Å². The lowest BCUT2D eigenvalue weighted by molar-refractivity contribution is 0.241. The fraction of sp³-hybridized carbons (Fsp3) is 0.203. The third kappa shape index (κ3) is 24.3. The van der Waals surface area contributed by atoms with E-state index >= 15 is 0 Å². The third-order valence-corrected chi connectivity index (χ3v) is 14.8. The van der Waals surface area contributed by atoms with Crippen LogP contribution in [0.3, 0.4) is 0 Å². The molecule has 0 aromatic heterocycles. The van der Waals surface area contributed by atoms with Crippen molar-refractivity contribution in [3.8, 4) is 28.7 Å². The molecule has 0 aliphatic rings. The quantitative estimate of drug-likeness (QED) is 0.0418. The number of rotatable bonds is 13. The van der Waals surface area contributed by atoms with Gasteiger partial charge in [0, 0.05) is 79.5 Å². The number of carbonyl (C=O) groups is 1. The normalized spacial score (nSPS) is 10.4. The fourth-order valence-corrected chi connectivity index (χ4v) is 8.98. The predicted molar refractivity (Wildman–Crippen MR) is 374 cm³/mol. The highest BCUT2D eigenvalue weighted by Crippen LogP contribution is 2.30. The first kappa shape index (κ1) is 73.1. The molecule has 0 unspecified atom stereocenters. The molecular weight excluding hydrogens is 1170 g/mol. The number of amides is 1. The van der Waals surface area contributed by atoms with Gasteiger partial charge in [0.1, 0.15) is 28.7 Å². The van der Waals surface area contributed by atoms with Crippen LogP contribution in [0.15, 0.2) is 220 Å². The highest BCUT2D eigenvalue weighted by molar-refractivity contribution is 8.13. The van der Waals surface area contributed by atoms with Crippen LogP contribution in [-0.2, 0) is 19.8 Å². The molecule has 16 heteroatoms. The molecule has 5 N–H and O–H groups in total. The number of aromatic hydroxyl groups is 2. The van der Waals surface area contributed by atoms with Gasteiger partial charge in [0.05, 0.1) is 51.1 Å². The van der Waals surface area contributed by atoms with Gasteiger partial charge in [-0.3, -0.25) is 19.8 Å². The Kier molecular flexibility index (Phi) is 32.0. The maximum Gasteiger partial charge on any atom is 0.285 e. The smallest absolute Gasteiger partial charge is 0.285 e. The molecule has 0 saturated carbocycles. The molecule has 9 aromatic rings. The second-order valence-corrected chi connectivity index (χ2v) is 21.7. The van der Waals surface area contributed by atoms with Crippen LogP contribution in [0.4, 0.5) is 21.9 Å². The van der Waals surface area contributed by atoms with Gasteiger partial charge in [0.15, 0.2) is 0 Å². The van der Waals surface area contributed by atoms with Gasteiger partial charge in [-0.05, 0) is 159 Å². The number of para-hydroxylation sites is 8. The van der Waals surface area contributed by atoms with Crippen LogP contribution in [0.5, 0.6) is 28.7 Å². The monoisotopic (exact) mass is 1250 g/mol. The van der Waals surface area contributed by atoms with Crippen LogP contribution in [0.2, 0.25) is 0 Å². The number of ether oxygens (including phenoxy) is 3. The summed E-state index contributed by atoms with van der Waals surface area (Å²) in [5.41, 5.74) is 13.5. The van der Waals surface area contributed by atoms with Crippen molar-refractivity contribution in [1.29, 1.82) is 0 Å². The average molecular weight is 1250 g/mol. The number of thioether (sulfide) groups is 1. The molecular formula is C74H83N5O9S2. The number of aliphatic imine (C=N–C) groups is 3. The van der Waals surface area contributed by atoms with Gasteiger partial charge in [-0.1, -0.05) is 146 Å². The minimum atomic E-state index is -0.104. The number of phenols is 2. The number of hydrogen-bond acceptors (Lipinski definition) is 14. The molecule has 1 amide bonds. The van der Waals surface area contributed by atoms with Crippen LogP contribution in [0, 0.1) is 41.5 Å². The zero-order valence-corrected chi connectivity index (χ0v) is 55.0. The van der Waals surface area contributed by atoms with E-state index in [1.165, 1.54) is 4.90 Å². The summed E-state index contributed by atoms with van der Waals surface area (Å²) in [4.78, 5) is 28.8. The SMILES string of the molecule is COc1c(C)cccc1C=Nc1ccccc1.COc1c(C)cccc1C=Nc1ccccc1.Cc1cccc(C=Nc2ccccc2)c1O.Cc1cccc(CO)c1O.Cc1cccc(CO)c1OC(=S)N(C)C.Cc1cccc(CO)c1SC(=O)N(C)C. The average Bonchev–Trinajstić information content (AvgIpc) is 2.32. The minimum absolute atomic E-state index is 0.0287. The highest BCUT2D eigenvalue weighted by atomic mass is 32.2. The van der Waals surface area contributed by atoms with E-state index < -0.39 is 0 Å². The second kappa shape index (κ2) is 39.5. The summed E-state index contributed by atoms with van der Waals surface area (Å²) < 4.78 is 16.3. The number of phenolic OH excluding ortho intramolecular Hbond substituents is 1. The van der Waals surface area contributed by atoms with Crippen molar-refractivity contribution in [2.24, 2.45) is 15.0 Å². The van der Waals surface area contributed by atoms with Crippen molar-refractivity contribution in [2.45, 2.75) is 66.3 Å². The first-order chi connectivity index (χ1) is 43.3. The summed E-state index contributed by atoms with van der Waals surface area (Å²) in [6, 6.07) is 63.6. The summed E-state index contributed by atoms with van der Waals surface area (Å²) in [6.07, 6.45) is 5.35. The molecule has 0 spiro atoms. The van der Waals surface area contributed by atoms with E-state index in [1.54, 1.807) is 64.6 Å². The van der Waals surface area contributed by atoms with Crippen LogP contribution in [0.1, 0.15) is 66.8 Å². The first-order valence-electron chi connectivity index (χ1n) is 28.6. The number of benzene rings is 9. The Balaban J connectivity index is 0.000000232. The van der Waals surface area contributed by atoms with E-state index in [1.807, 2.05) is 243 Å². The van der Waals surface area contributed by atoms with Gasteiger partial charge in [-0.2, -0.15) is 0 Å². The van der Waals surface area contributed by atoms with Crippen molar-refractivity contribution in [2.75, 3.05) is 42.4 Å². The van der Waals surface area contributed by atoms with Gasteiger partial charge in [0.2, 0.25) is 0 Å². The largest absolute Gasteiger partial charge is 0.507 e. The van der Waals surface area contributed by atoms with Gasteiger partial charge in [-0.15, -0.1) is 0 Å². The van der Waals surface area contributed by atoms with E-state index in [-0.39, 0.29) is 30.8 Å². The number of nitrogens with zero attached hydrogens (tertiary/aromatic N) is 5. The Morgan fingerprint density at radius 3 is 1.16 bits per heavy atom. The van der Waals surface area contributed by atoms with Crippen LogP contribution in [0.25, 0.3) is 0 Å². The Morgan fingerprint density at radius 2 is 0.767 bits per heavy atom. The predicted octanol–water partition coefficient (Wildman–Crippen LogP) is 16.1. The molecule has 0 saturated heterocycles. The van der Waals surface area contributed by atoms with Crippen LogP contribution in [-0.4, -0.2) is 107 Å². The van der Waals surface area contributed by atoms with E-state index in [2.05, 4.69) is 15.0 Å². The summed E-state index contributed by atoms with van der Waals surface area (Å²) in [6.45, 7) is 11.4. The standard InChI is InChI=1S/2C15H15NO.C14H13NO.2C11H15NO2S.C8H10O2/c2*1-12-7-6-8-13(15(12)17-2)11-16-14-9-4-3-5-10-14;1-11-6-5-7-12(14(11)16)10-15-13-8-3-2-4-9-13;1-8-5-4-6-9(7-13)10(8)15-11(14)12(2)3;1-8-5-4-6-9(7-13)10(8)14-11(15)12(2)3;1-6-3-2-4-7(5-9)8(6)10/h2*3-11H,1-2H3;2-10,16H,1H3;2*4-6,13H,7H2,1-3H3;2-4,9-10H,5H2,1H3.